The van der Waals surface area contributed by atoms with Crippen molar-refractivity contribution in [2.45, 2.75) is 394 Å². The van der Waals surface area contributed by atoms with Crippen molar-refractivity contribution in [2.75, 3.05) is 39.6 Å². The monoisotopic (exact) mass is 1370 g/mol. The molecule has 0 aromatic carbocycles. The van der Waals surface area contributed by atoms with E-state index in [9.17, 15) is 43.2 Å². The minimum absolute atomic E-state index is 0.103. The number of ether oxygens (including phenoxy) is 4. The summed E-state index contributed by atoms with van der Waals surface area (Å²) >= 11 is 0. The Bertz CT molecular complexity index is 1820. The van der Waals surface area contributed by atoms with Crippen LogP contribution >= 0.6 is 15.6 Å². The van der Waals surface area contributed by atoms with Crippen LogP contribution in [0.5, 0.6) is 0 Å². The highest BCUT2D eigenvalue weighted by atomic mass is 31.2. The number of unbranched alkanes of at least 4 members (excludes halogenated alkanes) is 40. The Labute approximate surface area is 568 Å². The van der Waals surface area contributed by atoms with Crippen LogP contribution in [0.2, 0.25) is 0 Å². The lowest BCUT2D eigenvalue weighted by Crippen LogP contribution is -2.30. The van der Waals surface area contributed by atoms with Gasteiger partial charge in [0.15, 0.2) is 12.2 Å². The predicted octanol–water partition coefficient (Wildman–Crippen LogP) is 21.4. The van der Waals surface area contributed by atoms with Crippen LogP contribution in [0.3, 0.4) is 0 Å². The van der Waals surface area contributed by atoms with Crippen molar-refractivity contribution in [3.63, 3.8) is 0 Å². The zero-order valence-corrected chi connectivity index (χ0v) is 62.5. The molecule has 0 aromatic heterocycles. The maximum atomic E-state index is 13.1. The molecule has 0 saturated heterocycles. The fourth-order valence-electron chi connectivity index (χ4n) is 11.2. The van der Waals surface area contributed by atoms with Crippen molar-refractivity contribution in [1.29, 1.82) is 0 Å². The molecule has 3 N–H and O–H groups in total. The first kappa shape index (κ1) is 91.1. The Hall–Kier alpha value is -1.94. The lowest BCUT2D eigenvalue weighted by molar-refractivity contribution is -0.161. The average Bonchev–Trinajstić information content (AvgIpc) is 3.08. The molecule has 0 heterocycles. The molecule has 0 aliphatic rings. The standard InChI is InChI=1S/C74H144O17P2/c1-8-9-10-11-12-13-27-34-41-48-55-71(76)84-62-70(91-74(79)58-51-44-37-30-33-40-47-54-67(6)7)64-89-93(82,83)87-60-68(75)59-86-92(80,81)88-63-69(61-85-72(77)56-49-42-35-28-23-20-16-18-22-26-32-39-46-53-66(4)5)90-73(78)57-50-43-36-29-24-19-15-14-17-21-25-31-38-45-52-65(2)3/h65-70,75H,8-64H2,1-7H3,(H,80,81)(H,82,83)/t68-,69-,70-/m1/s1. The second-order valence-electron chi connectivity index (χ2n) is 28.1. The maximum Gasteiger partial charge on any atom is 0.472 e. The van der Waals surface area contributed by atoms with Gasteiger partial charge in [-0.1, -0.05) is 325 Å². The van der Waals surface area contributed by atoms with Crippen molar-refractivity contribution in [2.24, 2.45) is 17.8 Å². The molecule has 0 aromatic rings. The number of rotatable bonds is 72. The molecule has 2 unspecified atom stereocenters. The molecule has 0 saturated carbocycles. The van der Waals surface area contributed by atoms with E-state index in [1.807, 2.05) is 0 Å². The van der Waals surface area contributed by atoms with E-state index in [4.69, 9.17) is 37.0 Å². The Morgan fingerprint density at radius 1 is 0.290 bits per heavy atom. The molecule has 0 radical (unpaired) electrons. The number of hydrogen-bond donors (Lipinski definition) is 3. The summed E-state index contributed by atoms with van der Waals surface area (Å²) in [5.74, 6) is 0.160. The first-order valence-corrected chi connectivity index (χ1v) is 41.3. The minimum atomic E-state index is -4.96. The smallest absolute Gasteiger partial charge is 0.462 e. The van der Waals surface area contributed by atoms with Gasteiger partial charge < -0.3 is 33.8 Å². The van der Waals surface area contributed by atoms with Gasteiger partial charge in [-0.15, -0.1) is 0 Å². The summed E-state index contributed by atoms with van der Waals surface area (Å²) in [4.78, 5) is 72.7. The molecule has 93 heavy (non-hydrogen) atoms. The normalized spacial score (nSPS) is 14.1. The minimum Gasteiger partial charge on any atom is -0.462 e. The molecular formula is C74H144O17P2. The van der Waals surface area contributed by atoms with E-state index in [2.05, 4.69) is 48.5 Å². The predicted molar refractivity (Wildman–Crippen MR) is 377 cm³/mol. The van der Waals surface area contributed by atoms with Gasteiger partial charge in [0.05, 0.1) is 26.4 Å². The quantitative estimate of drug-likeness (QED) is 0.0222. The third kappa shape index (κ3) is 68.4. The molecule has 0 fully saturated rings. The molecule has 0 amide bonds. The van der Waals surface area contributed by atoms with Gasteiger partial charge in [-0.05, 0) is 43.4 Å². The molecule has 0 aliphatic heterocycles. The number of aliphatic hydroxyl groups excluding tert-OH is 1. The number of hydrogen-bond acceptors (Lipinski definition) is 15. The highest BCUT2D eigenvalue weighted by Gasteiger charge is 2.30. The number of carbonyl (C=O) groups excluding carboxylic acids is 4. The molecule has 19 heteroatoms. The zero-order chi connectivity index (χ0) is 68.7. The SMILES string of the molecule is CCCCCCCCCCCCC(=O)OC[C@H](COP(=O)(O)OC[C@H](O)COP(=O)(O)OC[C@@H](COC(=O)CCCCCCCCCCCCCCCC(C)C)OC(=O)CCCCCCCCCCCCCCCCC(C)C)OC(=O)CCCCCCCCCC(C)C. The van der Waals surface area contributed by atoms with Crippen LogP contribution in [0.25, 0.3) is 0 Å². The molecule has 0 aliphatic carbocycles. The molecular weight excluding hydrogens is 1220 g/mol. The van der Waals surface area contributed by atoms with Crippen LogP contribution in [0.1, 0.15) is 376 Å². The van der Waals surface area contributed by atoms with Crippen molar-refractivity contribution < 1.29 is 80.2 Å². The van der Waals surface area contributed by atoms with E-state index < -0.39 is 97.5 Å². The molecule has 0 spiro atoms. The molecule has 552 valence electrons. The Morgan fingerprint density at radius 2 is 0.495 bits per heavy atom. The molecule has 0 bridgehead atoms. The first-order valence-electron chi connectivity index (χ1n) is 38.3. The number of phosphoric ester groups is 2. The second kappa shape index (κ2) is 64.7. The number of esters is 4. The summed E-state index contributed by atoms with van der Waals surface area (Å²) in [7, 11) is -9.91. The summed E-state index contributed by atoms with van der Waals surface area (Å²) in [6, 6.07) is 0. The second-order valence-corrected chi connectivity index (χ2v) is 31.0. The van der Waals surface area contributed by atoms with Crippen molar-refractivity contribution in [3.05, 3.63) is 0 Å². The van der Waals surface area contributed by atoms with Gasteiger partial charge in [-0.25, -0.2) is 9.13 Å². The van der Waals surface area contributed by atoms with E-state index in [0.717, 1.165) is 102 Å². The van der Waals surface area contributed by atoms with Gasteiger partial charge in [0.1, 0.15) is 19.3 Å². The fraction of sp³-hybridized carbons (Fsp3) is 0.946. The average molecular weight is 1370 g/mol. The molecule has 17 nitrogen and oxygen atoms in total. The van der Waals surface area contributed by atoms with Gasteiger partial charge in [0.25, 0.3) is 0 Å². The summed E-state index contributed by atoms with van der Waals surface area (Å²) in [6.07, 6.45) is 50.0. The summed E-state index contributed by atoms with van der Waals surface area (Å²) in [6.45, 7) is 11.9. The zero-order valence-electron chi connectivity index (χ0n) is 60.7. The summed E-state index contributed by atoms with van der Waals surface area (Å²) < 4.78 is 68.4. The van der Waals surface area contributed by atoms with Gasteiger partial charge >= 0.3 is 39.5 Å². The van der Waals surface area contributed by atoms with Crippen molar-refractivity contribution in [3.8, 4) is 0 Å². The topological polar surface area (TPSA) is 237 Å². The van der Waals surface area contributed by atoms with E-state index in [0.29, 0.717) is 31.6 Å². The van der Waals surface area contributed by atoms with Crippen LogP contribution in [0.4, 0.5) is 0 Å². The van der Waals surface area contributed by atoms with Gasteiger partial charge in [-0.2, -0.15) is 0 Å². The van der Waals surface area contributed by atoms with Crippen LogP contribution in [0, 0.1) is 17.8 Å². The number of carbonyl (C=O) groups is 4. The largest absolute Gasteiger partial charge is 0.472 e. The van der Waals surface area contributed by atoms with E-state index in [1.54, 1.807) is 0 Å². The van der Waals surface area contributed by atoms with Crippen molar-refractivity contribution in [1.82, 2.24) is 0 Å². The fourth-order valence-corrected chi connectivity index (χ4v) is 12.8. The van der Waals surface area contributed by atoms with E-state index in [-0.39, 0.29) is 25.7 Å². The lowest BCUT2D eigenvalue weighted by Gasteiger charge is -2.21. The lowest BCUT2D eigenvalue weighted by atomic mass is 10.0. The Balaban J connectivity index is 5.23. The first-order chi connectivity index (χ1) is 44.7. The van der Waals surface area contributed by atoms with Crippen LogP contribution in [-0.2, 0) is 65.4 Å². The third-order valence-electron chi connectivity index (χ3n) is 17.1. The highest BCUT2D eigenvalue weighted by molar-refractivity contribution is 7.47. The van der Waals surface area contributed by atoms with E-state index in [1.165, 1.54) is 186 Å². The number of aliphatic hydroxyl groups is 1. The number of phosphoric acid groups is 2. The van der Waals surface area contributed by atoms with Crippen LogP contribution in [0.15, 0.2) is 0 Å². The van der Waals surface area contributed by atoms with Crippen LogP contribution < -0.4 is 0 Å². The Morgan fingerprint density at radius 3 is 0.731 bits per heavy atom. The van der Waals surface area contributed by atoms with Gasteiger partial charge in [-0.3, -0.25) is 37.3 Å². The van der Waals surface area contributed by atoms with Crippen LogP contribution in [-0.4, -0.2) is 96.7 Å². The van der Waals surface area contributed by atoms with Gasteiger partial charge in [0.2, 0.25) is 0 Å². The van der Waals surface area contributed by atoms with Gasteiger partial charge in [0, 0.05) is 25.7 Å². The van der Waals surface area contributed by atoms with E-state index >= 15 is 0 Å². The Kier molecular flexibility index (Phi) is 63.4. The summed E-state index contributed by atoms with van der Waals surface area (Å²) in [5.41, 5.74) is 0. The summed E-state index contributed by atoms with van der Waals surface area (Å²) in [5, 5.41) is 10.6. The highest BCUT2D eigenvalue weighted by Crippen LogP contribution is 2.45. The third-order valence-corrected chi connectivity index (χ3v) is 19.0. The molecule has 5 atom stereocenters. The molecule has 0 rings (SSSR count). The van der Waals surface area contributed by atoms with Crippen molar-refractivity contribution >= 4 is 39.5 Å². The maximum absolute atomic E-state index is 13.1.